The van der Waals surface area contributed by atoms with Crippen LogP contribution in [-0.2, 0) is 6.42 Å². The van der Waals surface area contributed by atoms with Gasteiger partial charge in [-0.2, -0.15) is 0 Å². The minimum absolute atomic E-state index is 0.0617. The normalized spacial score (nSPS) is 15.3. The van der Waals surface area contributed by atoms with Crippen molar-refractivity contribution in [1.29, 1.82) is 0 Å². The SMILES string of the molecule is CCc1cnc(OC2CCN(c3cc(=O)n4ccccc4n3)CC2)nc1. The summed E-state index contributed by atoms with van der Waals surface area (Å²) in [4.78, 5) is 27.5. The minimum atomic E-state index is -0.0617. The third-order valence-corrected chi connectivity index (χ3v) is 4.69. The fraction of sp³-hybridized carbons (Fsp3) is 0.368. The molecule has 1 saturated heterocycles. The van der Waals surface area contributed by atoms with Crippen molar-refractivity contribution in [2.45, 2.75) is 32.3 Å². The summed E-state index contributed by atoms with van der Waals surface area (Å²) >= 11 is 0. The van der Waals surface area contributed by atoms with Crippen LogP contribution in [0.4, 0.5) is 5.82 Å². The molecule has 0 spiro atoms. The number of nitrogens with zero attached hydrogens (tertiary/aromatic N) is 5. The molecule has 1 fully saturated rings. The summed E-state index contributed by atoms with van der Waals surface area (Å²) in [6.07, 6.45) is 8.04. The highest BCUT2D eigenvalue weighted by Gasteiger charge is 2.22. The van der Waals surface area contributed by atoms with E-state index in [0.29, 0.717) is 11.7 Å². The number of aromatic nitrogens is 4. The number of hydrogen-bond donors (Lipinski definition) is 0. The van der Waals surface area contributed by atoms with E-state index in [1.54, 1.807) is 16.7 Å². The molecule has 0 atom stereocenters. The quantitative estimate of drug-likeness (QED) is 0.717. The lowest BCUT2D eigenvalue weighted by molar-refractivity contribution is 0.156. The first-order valence-electron chi connectivity index (χ1n) is 8.94. The second kappa shape index (κ2) is 7.11. The Morgan fingerprint density at radius 2 is 1.96 bits per heavy atom. The summed E-state index contributed by atoms with van der Waals surface area (Å²) in [5.41, 5.74) is 1.70. The van der Waals surface area contributed by atoms with E-state index in [1.807, 2.05) is 30.6 Å². The molecular weight excluding hydrogens is 330 g/mol. The van der Waals surface area contributed by atoms with E-state index in [2.05, 4.69) is 26.8 Å². The van der Waals surface area contributed by atoms with Crippen LogP contribution in [-0.4, -0.2) is 38.5 Å². The lowest BCUT2D eigenvalue weighted by Crippen LogP contribution is -2.39. The number of pyridine rings is 1. The van der Waals surface area contributed by atoms with E-state index >= 15 is 0 Å². The lowest BCUT2D eigenvalue weighted by Gasteiger charge is -2.32. The molecule has 0 amide bonds. The minimum Gasteiger partial charge on any atom is -0.460 e. The molecule has 7 nitrogen and oxygen atoms in total. The molecule has 4 rings (SSSR count). The summed E-state index contributed by atoms with van der Waals surface area (Å²) < 4.78 is 7.45. The zero-order valence-corrected chi connectivity index (χ0v) is 14.7. The van der Waals surface area contributed by atoms with Gasteiger partial charge >= 0.3 is 6.01 Å². The molecule has 3 aromatic heterocycles. The molecule has 0 aliphatic carbocycles. The molecule has 1 aliphatic rings. The van der Waals surface area contributed by atoms with Crippen LogP contribution in [0.5, 0.6) is 6.01 Å². The number of fused-ring (bicyclic) bond motifs is 1. The van der Waals surface area contributed by atoms with Crippen LogP contribution in [0.2, 0.25) is 0 Å². The van der Waals surface area contributed by atoms with Gasteiger partial charge in [-0.25, -0.2) is 15.0 Å². The molecule has 4 heterocycles. The van der Waals surface area contributed by atoms with Crippen LogP contribution < -0.4 is 15.2 Å². The van der Waals surface area contributed by atoms with Gasteiger partial charge in [0.1, 0.15) is 17.6 Å². The first kappa shape index (κ1) is 16.5. The highest BCUT2D eigenvalue weighted by atomic mass is 16.5. The van der Waals surface area contributed by atoms with Gasteiger partial charge in [-0.15, -0.1) is 0 Å². The summed E-state index contributed by atoms with van der Waals surface area (Å²) in [6, 6.07) is 7.59. The van der Waals surface area contributed by atoms with Gasteiger partial charge in [-0.1, -0.05) is 13.0 Å². The van der Waals surface area contributed by atoms with Crippen LogP contribution in [0.15, 0.2) is 47.7 Å². The summed E-state index contributed by atoms with van der Waals surface area (Å²) in [6.45, 7) is 3.64. The maximum Gasteiger partial charge on any atom is 0.316 e. The van der Waals surface area contributed by atoms with Crippen LogP contribution in [0.1, 0.15) is 25.3 Å². The van der Waals surface area contributed by atoms with Crippen molar-refractivity contribution in [2.75, 3.05) is 18.0 Å². The molecule has 0 saturated carbocycles. The Morgan fingerprint density at radius 3 is 2.69 bits per heavy atom. The number of anilines is 1. The van der Waals surface area contributed by atoms with Gasteiger partial charge in [0.15, 0.2) is 0 Å². The zero-order chi connectivity index (χ0) is 17.9. The maximum atomic E-state index is 12.3. The Kier molecular flexibility index (Phi) is 4.51. The van der Waals surface area contributed by atoms with Crippen LogP contribution >= 0.6 is 0 Å². The molecule has 0 aromatic carbocycles. The van der Waals surface area contributed by atoms with Crippen molar-refractivity contribution in [3.05, 3.63) is 58.8 Å². The van der Waals surface area contributed by atoms with Crippen molar-refractivity contribution in [3.63, 3.8) is 0 Å². The van der Waals surface area contributed by atoms with Crippen LogP contribution in [0.25, 0.3) is 5.65 Å². The molecule has 0 bridgehead atoms. The van der Waals surface area contributed by atoms with Gasteiger partial charge in [0, 0.05) is 50.6 Å². The van der Waals surface area contributed by atoms with Gasteiger partial charge in [-0.3, -0.25) is 9.20 Å². The van der Waals surface area contributed by atoms with Gasteiger partial charge in [0.05, 0.1) is 0 Å². The molecule has 1 aliphatic heterocycles. The molecular formula is C19H21N5O2. The Balaban J connectivity index is 1.42. The highest BCUT2D eigenvalue weighted by Crippen LogP contribution is 2.20. The van der Waals surface area contributed by atoms with E-state index < -0.39 is 0 Å². The predicted molar refractivity (Wildman–Crippen MR) is 98.7 cm³/mol. The van der Waals surface area contributed by atoms with Gasteiger partial charge in [-0.05, 0) is 24.1 Å². The molecule has 3 aromatic rings. The second-order valence-corrected chi connectivity index (χ2v) is 6.41. The predicted octanol–water partition coefficient (Wildman–Crippen LogP) is 2.09. The first-order valence-corrected chi connectivity index (χ1v) is 8.94. The van der Waals surface area contributed by atoms with Crippen molar-refractivity contribution in [2.24, 2.45) is 0 Å². The second-order valence-electron chi connectivity index (χ2n) is 6.41. The van der Waals surface area contributed by atoms with Crippen molar-refractivity contribution in [1.82, 2.24) is 19.4 Å². The molecule has 0 unspecified atom stereocenters. The largest absolute Gasteiger partial charge is 0.460 e. The molecule has 0 N–H and O–H groups in total. The van der Waals surface area contributed by atoms with Crippen LogP contribution in [0, 0.1) is 0 Å². The fourth-order valence-corrected chi connectivity index (χ4v) is 3.14. The van der Waals surface area contributed by atoms with E-state index in [0.717, 1.165) is 43.7 Å². The van der Waals surface area contributed by atoms with E-state index in [1.165, 1.54) is 0 Å². The molecule has 0 radical (unpaired) electrons. The lowest BCUT2D eigenvalue weighted by atomic mass is 10.1. The smallest absolute Gasteiger partial charge is 0.316 e. The first-order chi connectivity index (χ1) is 12.7. The topological polar surface area (TPSA) is 72.6 Å². The Hall–Kier alpha value is -2.96. The average molecular weight is 351 g/mol. The molecule has 7 heteroatoms. The van der Waals surface area contributed by atoms with Crippen LogP contribution in [0.3, 0.4) is 0 Å². The van der Waals surface area contributed by atoms with Gasteiger partial charge in [0.2, 0.25) is 0 Å². The van der Waals surface area contributed by atoms with E-state index in [-0.39, 0.29) is 11.7 Å². The number of piperidine rings is 1. The van der Waals surface area contributed by atoms with E-state index in [9.17, 15) is 4.79 Å². The number of rotatable bonds is 4. The Bertz CT molecular complexity index is 946. The highest BCUT2D eigenvalue weighted by molar-refractivity contribution is 5.48. The monoisotopic (exact) mass is 351 g/mol. The van der Waals surface area contributed by atoms with Gasteiger partial charge in [0.25, 0.3) is 5.56 Å². The van der Waals surface area contributed by atoms with Crippen molar-refractivity contribution < 1.29 is 4.74 Å². The maximum absolute atomic E-state index is 12.3. The van der Waals surface area contributed by atoms with Crippen molar-refractivity contribution in [3.8, 4) is 6.01 Å². The van der Waals surface area contributed by atoms with Gasteiger partial charge < -0.3 is 9.64 Å². The third kappa shape index (κ3) is 3.37. The number of aryl methyl sites for hydroxylation is 1. The Morgan fingerprint density at radius 1 is 1.19 bits per heavy atom. The third-order valence-electron chi connectivity index (χ3n) is 4.69. The summed E-state index contributed by atoms with van der Waals surface area (Å²) in [5.74, 6) is 0.725. The number of ether oxygens (including phenoxy) is 1. The average Bonchev–Trinajstić information content (AvgIpc) is 2.69. The summed E-state index contributed by atoms with van der Waals surface area (Å²) in [7, 11) is 0. The summed E-state index contributed by atoms with van der Waals surface area (Å²) in [5, 5.41) is 0. The standard InChI is InChI=1S/C19H21N5O2/c1-2-14-12-20-19(21-13-14)26-15-6-9-23(10-7-15)17-11-18(25)24-8-4-3-5-16(24)22-17/h3-5,8,11-13,15H,2,6-7,9-10H2,1H3. The van der Waals surface area contributed by atoms with Crippen molar-refractivity contribution >= 4 is 11.5 Å². The van der Waals surface area contributed by atoms with E-state index in [4.69, 9.17) is 4.74 Å². The molecule has 134 valence electrons. The Labute approximate surface area is 151 Å². The molecule has 26 heavy (non-hydrogen) atoms. The zero-order valence-electron chi connectivity index (χ0n) is 14.7. The fourth-order valence-electron chi connectivity index (χ4n) is 3.14. The number of hydrogen-bond acceptors (Lipinski definition) is 6.